The van der Waals surface area contributed by atoms with Crippen LogP contribution in [0.25, 0.3) is 0 Å². The molecule has 1 N–H and O–H groups in total. The van der Waals surface area contributed by atoms with Crippen LogP contribution in [0.5, 0.6) is 11.5 Å². The molecule has 0 heterocycles. The fraction of sp³-hybridized carbons (Fsp3) is 0.500. The van der Waals surface area contributed by atoms with Crippen molar-refractivity contribution in [3.8, 4) is 11.5 Å². The van der Waals surface area contributed by atoms with E-state index in [9.17, 15) is 9.59 Å². The molecule has 0 aliphatic rings. The molecule has 0 aliphatic carbocycles. The largest absolute Gasteiger partial charge is 0.493 e. The third-order valence-corrected chi connectivity index (χ3v) is 3.13. The van der Waals surface area contributed by atoms with Crippen LogP contribution in [-0.4, -0.2) is 23.8 Å². The van der Waals surface area contributed by atoms with Gasteiger partial charge in [-0.25, -0.2) is 9.59 Å². The number of aromatic carboxylic acids is 1. The fourth-order valence-corrected chi connectivity index (χ4v) is 1.98. The van der Waals surface area contributed by atoms with E-state index in [-0.39, 0.29) is 11.3 Å². The van der Waals surface area contributed by atoms with Gasteiger partial charge in [0.05, 0.1) is 6.61 Å². The van der Waals surface area contributed by atoms with Gasteiger partial charge < -0.3 is 14.7 Å². The van der Waals surface area contributed by atoms with Crippen LogP contribution in [-0.2, 0) is 4.79 Å². The molecule has 0 amide bonds. The monoisotopic (exact) mass is 307 g/mol. The molecule has 0 bridgehead atoms. The van der Waals surface area contributed by atoms with Gasteiger partial charge in [0, 0.05) is 11.2 Å². The number of carboxylic acids is 1. The summed E-state index contributed by atoms with van der Waals surface area (Å²) in [4.78, 5) is 25.8. The molecule has 6 heteroatoms. The average molecular weight is 307 g/mol. The van der Waals surface area contributed by atoms with Crippen molar-refractivity contribution in [2.75, 3.05) is 6.61 Å². The minimum absolute atomic E-state index is 0.0451. The first-order chi connectivity index (χ1) is 10.7. The number of carbonyl (C=O) groups excluding carboxylic acids is 1. The molecule has 0 atom stereocenters. The van der Waals surface area contributed by atoms with Crippen LogP contribution < -0.4 is 9.57 Å². The third kappa shape index (κ3) is 6.41. The molecular weight excluding hydrogens is 286 g/mol. The number of benzene rings is 1. The van der Waals surface area contributed by atoms with Crippen LogP contribution in [0.1, 0.15) is 55.8 Å². The van der Waals surface area contributed by atoms with Crippen LogP contribution in [0.15, 0.2) is 23.4 Å². The zero-order chi connectivity index (χ0) is 16.2. The summed E-state index contributed by atoms with van der Waals surface area (Å²) in [5.74, 6) is -0.732. The third-order valence-electron chi connectivity index (χ3n) is 3.13. The standard InChI is InChI=1S/C16H21NO5/c1-2-3-4-5-6-7-10-21-13-8-9-14(16(19)20)15(11-13)22-17-12-18/h8-9,11H,2-7,10H2,1H3,(H,19,20). The number of carboxylic acid groups (broad SMARTS) is 1. The van der Waals surface area contributed by atoms with Crippen molar-refractivity contribution >= 4 is 12.0 Å². The van der Waals surface area contributed by atoms with E-state index in [1.165, 1.54) is 43.9 Å². The first-order valence-corrected chi connectivity index (χ1v) is 7.43. The molecule has 0 unspecified atom stereocenters. The molecule has 6 nitrogen and oxygen atoms in total. The highest BCUT2D eigenvalue weighted by Crippen LogP contribution is 2.25. The Kier molecular flexibility index (Phi) is 8.38. The minimum Gasteiger partial charge on any atom is -0.493 e. The van der Waals surface area contributed by atoms with Gasteiger partial charge in [-0.1, -0.05) is 39.0 Å². The van der Waals surface area contributed by atoms with Crippen molar-refractivity contribution in [3.05, 3.63) is 23.8 Å². The van der Waals surface area contributed by atoms with Gasteiger partial charge in [-0.3, -0.25) is 0 Å². The highest BCUT2D eigenvalue weighted by Gasteiger charge is 2.13. The fourth-order valence-electron chi connectivity index (χ4n) is 1.98. The molecule has 1 aromatic rings. The van der Waals surface area contributed by atoms with Crippen LogP contribution in [0.2, 0.25) is 0 Å². The lowest BCUT2D eigenvalue weighted by molar-refractivity contribution is 0.0692. The lowest BCUT2D eigenvalue weighted by Gasteiger charge is -2.08. The summed E-state index contributed by atoms with van der Waals surface area (Å²) in [6.07, 6.45) is 8.15. The molecule has 0 radical (unpaired) electrons. The summed E-state index contributed by atoms with van der Waals surface area (Å²) in [5, 5.41) is 12.0. The molecule has 1 aromatic carbocycles. The Morgan fingerprint density at radius 2 is 1.95 bits per heavy atom. The summed E-state index contributed by atoms with van der Waals surface area (Å²) in [7, 11) is 0. The second-order valence-corrected chi connectivity index (χ2v) is 4.85. The number of nitrogens with zero attached hydrogens (tertiary/aromatic N) is 1. The van der Waals surface area contributed by atoms with Crippen molar-refractivity contribution in [1.82, 2.24) is 0 Å². The first-order valence-electron chi connectivity index (χ1n) is 7.43. The van der Waals surface area contributed by atoms with Gasteiger partial charge >= 0.3 is 5.97 Å². The Hall–Kier alpha value is -2.33. The Balaban J connectivity index is 2.50. The van der Waals surface area contributed by atoms with Crippen LogP contribution in [0, 0.1) is 0 Å². The highest BCUT2D eigenvalue weighted by atomic mass is 16.6. The number of carbonyl (C=O) groups is 1. The van der Waals surface area contributed by atoms with Crippen LogP contribution in [0.4, 0.5) is 0 Å². The van der Waals surface area contributed by atoms with E-state index in [0.29, 0.717) is 12.4 Å². The molecule has 0 fully saturated rings. The summed E-state index contributed by atoms with van der Waals surface area (Å²) in [6.45, 7) is 2.73. The van der Waals surface area contributed by atoms with Crippen molar-refractivity contribution in [2.45, 2.75) is 45.4 Å². The van der Waals surface area contributed by atoms with Gasteiger partial charge in [-0.05, 0) is 18.6 Å². The topological polar surface area (TPSA) is 85.2 Å². The minimum atomic E-state index is -1.17. The molecule has 0 spiro atoms. The normalized spacial score (nSPS) is 9.86. The predicted molar refractivity (Wildman–Crippen MR) is 81.0 cm³/mol. The van der Waals surface area contributed by atoms with Crippen LogP contribution >= 0.6 is 0 Å². The van der Waals surface area contributed by atoms with Crippen molar-refractivity contribution in [3.63, 3.8) is 0 Å². The summed E-state index contributed by atoms with van der Waals surface area (Å²) in [5.41, 5.74) is -0.0917. The number of ether oxygens (including phenoxy) is 1. The van der Waals surface area contributed by atoms with Crippen molar-refractivity contribution in [2.24, 2.45) is 5.16 Å². The highest BCUT2D eigenvalue weighted by molar-refractivity contribution is 5.91. The Morgan fingerprint density at radius 1 is 1.23 bits per heavy atom. The Morgan fingerprint density at radius 3 is 2.64 bits per heavy atom. The van der Waals surface area contributed by atoms with E-state index in [1.807, 2.05) is 0 Å². The number of hydrogen-bond donors (Lipinski definition) is 1. The molecular formula is C16H21NO5. The number of hydrogen-bond acceptors (Lipinski definition) is 5. The van der Waals surface area contributed by atoms with E-state index in [1.54, 1.807) is 6.07 Å². The zero-order valence-electron chi connectivity index (χ0n) is 12.7. The summed E-state index contributed by atoms with van der Waals surface area (Å²) < 4.78 is 5.55. The van der Waals surface area contributed by atoms with Crippen LogP contribution in [0.3, 0.4) is 0 Å². The maximum Gasteiger partial charge on any atom is 0.339 e. The molecule has 0 saturated carbocycles. The van der Waals surface area contributed by atoms with E-state index < -0.39 is 5.97 Å². The molecule has 22 heavy (non-hydrogen) atoms. The van der Waals surface area contributed by atoms with E-state index in [4.69, 9.17) is 14.7 Å². The zero-order valence-corrected chi connectivity index (χ0v) is 12.7. The second kappa shape index (κ2) is 10.4. The van der Waals surface area contributed by atoms with Gasteiger partial charge in [0.1, 0.15) is 11.3 Å². The predicted octanol–water partition coefficient (Wildman–Crippen LogP) is 3.75. The molecule has 1 rings (SSSR count). The van der Waals surface area contributed by atoms with Gasteiger partial charge in [0.25, 0.3) is 6.08 Å². The maximum atomic E-state index is 11.0. The SMILES string of the molecule is CCCCCCCCOc1ccc(C(=O)O)c(ON=C=O)c1. The van der Waals surface area contributed by atoms with E-state index >= 15 is 0 Å². The maximum absolute atomic E-state index is 11.0. The number of rotatable bonds is 11. The Labute approximate surface area is 129 Å². The quantitative estimate of drug-likeness (QED) is 0.291. The lowest BCUT2D eigenvalue weighted by atomic mass is 10.1. The van der Waals surface area contributed by atoms with E-state index in [2.05, 4.69) is 12.1 Å². The van der Waals surface area contributed by atoms with Gasteiger partial charge in [0.15, 0.2) is 5.75 Å². The van der Waals surface area contributed by atoms with Gasteiger partial charge in [0.2, 0.25) is 0 Å². The number of unbranched alkanes of at least 4 members (excludes halogenated alkanes) is 5. The molecule has 120 valence electrons. The van der Waals surface area contributed by atoms with Crippen molar-refractivity contribution in [1.29, 1.82) is 0 Å². The first kappa shape index (κ1) is 17.7. The molecule has 0 aromatic heterocycles. The Bertz CT molecular complexity index is 523. The smallest absolute Gasteiger partial charge is 0.339 e. The van der Waals surface area contributed by atoms with E-state index in [0.717, 1.165) is 12.8 Å². The molecule has 0 aliphatic heterocycles. The second-order valence-electron chi connectivity index (χ2n) is 4.85. The van der Waals surface area contributed by atoms with Crippen molar-refractivity contribution < 1.29 is 24.3 Å². The average Bonchev–Trinajstić information content (AvgIpc) is 2.52. The van der Waals surface area contributed by atoms with Gasteiger partial charge in [-0.2, -0.15) is 0 Å². The molecule has 0 saturated heterocycles. The number of isocyanates is 1. The lowest BCUT2D eigenvalue weighted by Crippen LogP contribution is -2.02. The summed E-state index contributed by atoms with van der Waals surface area (Å²) >= 11 is 0. The van der Waals surface area contributed by atoms with Gasteiger partial charge in [-0.15, -0.1) is 0 Å². The summed E-state index contributed by atoms with van der Waals surface area (Å²) in [6, 6.07) is 4.31.